The summed E-state index contributed by atoms with van der Waals surface area (Å²) in [5.41, 5.74) is 0. The lowest BCUT2D eigenvalue weighted by Crippen LogP contribution is -2.63. The van der Waals surface area contributed by atoms with E-state index < -0.39 is 0 Å². The maximum absolute atomic E-state index is 5.79. The van der Waals surface area contributed by atoms with Crippen molar-refractivity contribution in [3.05, 3.63) is 17.4 Å². The van der Waals surface area contributed by atoms with Gasteiger partial charge in [-0.3, -0.25) is 4.90 Å². The van der Waals surface area contributed by atoms with Gasteiger partial charge >= 0.3 is 0 Å². The Morgan fingerprint density at radius 1 is 1.11 bits per heavy atom. The van der Waals surface area contributed by atoms with Crippen LogP contribution in [0.5, 0.6) is 0 Å². The van der Waals surface area contributed by atoms with Crippen molar-refractivity contribution in [3.8, 4) is 0 Å². The van der Waals surface area contributed by atoms with Crippen LogP contribution in [0.15, 0.2) is 12.4 Å². The maximum atomic E-state index is 5.79. The van der Waals surface area contributed by atoms with E-state index in [9.17, 15) is 0 Å². The van der Waals surface area contributed by atoms with Gasteiger partial charge in [0, 0.05) is 45.3 Å². The minimum absolute atomic E-state index is 0.592. The van der Waals surface area contributed by atoms with Crippen molar-refractivity contribution in [2.75, 3.05) is 51.2 Å². The molecule has 3 heterocycles. The van der Waals surface area contributed by atoms with E-state index >= 15 is 0 Å². The zero-order chi connectivity index (χ0) is 12.5. The Bertz CT molecular complexity index is 395. The number of hydrogen-bond acceptors (Lipinski definition) is 5. The van der Waals surface area contributed by atoms with E-state index in [0.717, 1.165) is 19.0 Å². The van der Waals surface area contributed by atoms with Crippen LogP contribution >= 0.6 is 11.6 Å². The third-order valence-corrected chi connectivity index (χ3v) is 4.00. The number of piperazine rings is 1. The van der Waals surface area contributed by atoms with Gasteiger partial charge in [0.15, 0.2) is 0 Å². The molecule has 18 heavy (non-hydrogen) atoms. The largest absolute Gasteiger partial charge is 0.338 e. The maximum Gasteiger partial charge on any atom is 0.225 e. The lowest BCUT2D eigenvalue weighted by atomic mass is 10.1. The number of nitrogens with zero attached hydrogens (tertiary/aromatic N) is 5. The summed E-state index contributed by atoms with van der Waals surface area (Å²) in [6.07, 6.45) is 3.32. The predicted octanol–water partition coefficient (Wildman–Crippen LogP) is 0.566. The number of anilines is 1. The fraction of sp³-hybridized carbons (Fsp3) is 0.667. The average molecular weight is 268 g/mol. The van der Waals surface area contributed by atoms with E-state index in [4.69, 9.17) is 11.6 Å². The van der Waals surface area contributed by atoms with Gasteiger partial charge in [-0.05, 0) is 7.05 Å². The normalized spacial score (nSPS) is 23.1. The number of likely N-dealkylation sites (N-methyl/N-ethyl adjacent to an activating group) is 1. The number of hydrogen-bond donors (Lipinski definition) is 0. The molecule has 98 valence electrons. The van der Waals surface area contributed by atoms with Gasteiger partial charge in [-0.15, -0.1) is 0 Å². The van der Waals surface area contributed by atoms with E-state index in [1.54, 1.807) is 12.4 Å². The highest BCUT2D eigenvalue weighted by atomic mass is 35.5. The fourth-order valence-corrected chi connectivity index (χ4v) is 2.60. The molecule has 0 N–H and O–H groups in total. The molecule has 0 spiro atoms. The van der Waals surface area contributed by atoms with Gasteiger partial charge in [0.25, 0.3) is 0 Å². The first-order valence-electron chi connectivity index (χ1n) is 6.37. The highest BCUT2D eigenvalue weighted by Crippen LogP contribution is 2.21. The lowest BCUT2D eigenvalue weighted by molar-refractivity contribution is 0.0957. The topological polar surface area (TPSA) is 35.5 Å². The Kier molecular flexibility index (Phi) is 3.37. The molecule has 2 saturated heterocycles. The molecule has 3 rings (SSSR count). The second-order valence-electron chi connectivity index (χ2n) is 5.10. The molecule has 2 fully saturated rings. The fourth-order valence-electron chi connectivity index (χ4n) is 2.51. The van der Waals surface area contributed by atoms with Crippen molar-refractivity contribution < 1.29 is 0 Å². The van der Waals surface area contributed by atoms with Crippen molar-refractivity contribution in [1.82, 2.24) is 19.8 Å². The summed E-state index contributed by atoms with van der Waals surface area (Å²) in [7, 11) is 2.19. The molecular formula is C12H18ClN5. The van der Waals surface area contributed by atoms with Crippen molar-refractivity contribution in [2.45, 2.75) is 6.04 Å². The molecular weight excluding hydrogens is 250 g/mol. The van der Waals surface area contributed by atoms with Crippen LogP contribution in [0.2, 0.25) is 5.02 Å². The molecule has 0 aromatic carbocycles. The van der Waals surface area contributed by atoms with Gasteiger partial charge in [-0.25, -0.2) is 9.97 Å². The first-order valence-corrected chi connectivity index (χ1v) is 6.75. The van der Waals surface area contributed by atoms with Crippen LogP contribution in [0.25, 0.3) is 0 Å². The minimum atomic E-state index is 0.592. The standard InChI is InChI=1S/C12H18ClN5/c1-16-2-4-17(5-3-16)11-8-18(9-11)12-14-6-10(13)7-15-12/h6-7,11H,2-5,8-9H2,1H3. The molecule has 2 aliphatic heterocycles. The smallest absolute Gasteiger partial charge is 0.225 e. The van der Waals surface area contributed by atoms with Gasteiger partial charge in [0.05, 0.1) is 17.4 Å². The minimum Gasteiger partial charge on any atom is -0.338 e. The van der Waals surface area contributed by atoms with Gasteiger partial charge in [-0.2, -0.15) is 0 Å². The summed E-state index contributed by atoms with van der Waals surface area (Å²) < 4.78 is 0. The van der Waals surface area contributed by atoms with Gasteiger partial charge in [0.1, 0.15) is 0 Å². The molecule has 0 bridgehead atoms. The van der Waals surface area contributed by atoms with E-state index in [1.807, 2.05) is 0 Å². The van der Waals surface area contributed by atoms with Crippen LogP contribution in [0.3, 0.4) is 0 Å². The van der Waals surface area contributed by atoms with Crippen molar-refractivity contribution in [1.29, 1.82) is 0 Å². The van der Waals surface area contributed by atoms with E-state index in [1.165, 1.54) is 26.2 Å². The van der Waals surface area contributed by atoms with Crippen LogP contribution in [0.1, 0.15) is 0 Å². The highest BCUT2D eigenvalue weighted by Gasteiger charge is 2.34. The molecule has 5 nitrogen and oxygen atoms in total. The molecule has 1 aromatic rings. The Hall–Kier alpha value is -0.910. The van der Waals surface area contributed by atoms with Crippen LogP contribution in [-0.2, 0) is 0 Å². The van der Waals surface area contributed by atoms with Crippen LogP contribution in [0.4, 0.5) is 5.95 Å². The summed E-state index contributed by atoms with van der Waals surface area (Å²) in [6, 6.07) is 0.665. The SMILES string of the molecule is CN1CCN(C2CN(c3ncc(Cl)cn3)C2)CC1. The quantitative estimate of drug-likeness (QED) is 0.783. The molecule has 0 aliphatic carbocycles. The summed E-state index contributed by atoms with van der Waals surface area (Å²) in [5.74, 6) is 0.796. The summed E-state index contributed by atoms with van der Waals surface area (Å²) in [5, 5.41) is 0.592. The number of halogens is 1. The molecule has 1 aromatic heterocycles. The van der Waals surface area contributed by atoms with Gasteiger partial charge in [0.2, 0.25) is 5.95 Å². The molecule has 2 aliphatic rings. The summed E-state index contributed by atoms with van der Waals surface area (Å²) in [6.45, 7) is 6.77. The van der Waals surface area contributed by atoms with Crippen molar-refractivity contribution in [2.24, 2.45) is 0 Å². The number of aromatic nitrogens is 2. The lowest BCUT2D eigenvalue weighted by Gasteiger charge is -2.47. The van der Waals surface area contributed by atoms with E-state index in [0.29, 0.717) is 11.1 Å². The highest BCUT2D eigenvalue weighted by molar-refractivity contribution is 6.30. The third-order valence-electron chi connectivity index (χ3n) is 3.81. The molecule has 6 heteroatoms. The summed E-state index contributed by atoms with van der Waals surface area (Å²) in [4.78, 5) is 15.7. The van der Waals surface area contributed by atoms with Crippen molar-refractivity contribution in [3.63, 3.8) is 0 Å². The van der Waals surface area contributed by atoms with Crippen LogP contribution < -0.4 is 4.90 Å². The Morgan fingerprint density at radius 3 is 2.33 bits per heavy atom. The average Bonchev–Trinajstić information content (AvgIpc) is 2.32. The van der Waals surface area contributed by atoms with Crippen molar-refractivity contribution >= 4 is 17.5 Å². The second-order valence-corrected chi connectivity index (χ2v) is 5.54. The first-order chi connectivity index (χ1) is 8.72. The molecule has 0 amide bonds. The Morgan fingerprint density at radius 2 is 1.72 bits per heavy atom. The summed E-state index contributed by atoms with van der Waals surface area (Å²) >= 11 is 5.79. The van der Waals surface area contributed by atoms with Crippen LogP contribution in [-0.4, -0.2) is 72.1 Å². The monoisotopic (exact) mass is 267 g/mol. The molecule has 0 radical (unpaired) electrons. The van der Waals surface area contributed by atoms with Crippen LogP contribution in [0, 0.1) is 0 Å². The first kappa shape index (κ1) is 12.1. The molecule has 0 atom stereocenters. The van der Waals surface area contributed by atoms with Gasteiger partial charge < -0.3 is 9.80 Å². The zero-order valence-electron chi connectivity index (χ0n) is 10.6. The van der Waals surface area contributed by atoms with E-state index in [2.05, 4.69) is 31.7 Å². The third kappa shape index (κ3) is 2.43. The Labute approximate surface area is 112 Å². The van der Waals surface area contributed by atoms with Gasteiger partial charge in [-0.1, -0.05) is 11.6 Å². The molecule has 0 unspecified atom stereocenters. The number of rotatable bonds is 2. The second kappa shape index (κ2) is 4.99. The Balaban J connectivity index is 1.52. The zero-order valence-corrected chi connectivity index (χ0v) is 11.3. The predicted molar refractivity (Wildman–Crippen MR) is 72.1 cm³/mol. The van der Waals surface area contributed by atoms with E-state index in [-0.39, 0.29) is 0 Å². The molecule has 0 saturated carbocycles.